The zero-order valence-electron chi connectivity index (χ0n) is 7.20. The summed E-state index contributed by atoms with van der Waals surface area (Å²) in [4.78, 5) is 4.27. The van der Waals surface area contributed by atoms with Gasteiger partial charge in [-0.3, -0.25) is 4.98 Å². The fraction of sp³-hybridized carbons (Fsp3) is 0.500. The van der Waals surface area contributed by atoms with Crippen molar-refractivity contribution in [3.63, 3.8) is 0 Å². The molecule has 1 aromatic rings. The van der Waals surface area contributed by atoms with Gasteiger partial charge in [0.2, 0.25) is 0 Å². The zero-order chi connectivity index (χ0) is 8.60. The van der Waals surface area contributed by atoms with E-state index in [1.165, 1.54) is 0 Å². The van der Waals surface area contributed by atoms with E-state index in [-0.39, 0.29) is 11.5 Å². The number of hydrogen-bond donors (Lipinski definition) is 1. The third kappa shape index (κ3) is 1.03. The lowest BCUT2D eigenvalue weighted by Crippen LogP contribution is -2.23. The minimum absolute atomic E-state index is 0.0126. The van der Waals surface area contributed by atoms with E-state index in [2.05, 4.69) is 4.98 Å². The van der Waals surface area contributed by atoms with Gasteiger partial charge in [0, 0.05) is 17.3 Å². The summed E-state index contributed by atoms with van der Waals surface area (Å²) in [6.45, 7) is 1.85. The molecule has 1 N–H and O–H groups in total. The highest BCUT2D eigenvalue weighted by Crippen LogP contribution is 2.49. The topological polar surface area (TPSA) is 33.1 Å². The summed E-state index contributed by atoms with van der Waals surface area (Å²) in [6, 6.07) is 5.88. The smallest absolute Gasteiger partial charge is 0.0623 e. The summed E-state index contributed by atoms with van der Waals surface area (Å²) >= 11 is 0. The molecule has 0 bridgehead atoms. The van der Waals surface area contributed by atoms with Gasteiger partial charge in [-0.05, 0) is 31.9 Å². The summed E-state index contributed by atoms with van der Waals surface area (Å²) in [5, 5.41) is 9.56. The maximum Gasteiger partial charge on any atom is 0.0623 e. The molecular formula is C10H13NO. The van der Waals surface area contributed by atoms with Crippen molar-refractivity contribution < 1.29 is 5.11 Å². The lowest BCUT2D eigenvalue weighted by Gasteiger charge is -2.17. The van der Waals surface area contributed by atoms with E-state index in [0.29, 0.717) is 0 Å². The van der Waals surface area contributed by atoms with E-state index in [1.54, 1.807) is 6.20 Å². The van der Waals surface area contributed by atoms with Crippen LogP contribution in [-0.2, 0) is 5.41 Å². The van der Waals surface area contributed by atoms with Crippen LogP contribution in [0.1, 0.15) is 25.5 Å². The molecule has 0 saturated heterocycles. The molecular weight excluding hydrogens is 150 g/mol. The molecule has 1 fully saturated rings. The Kier molecular flexibility index (Phi) is 1.65. The van der Waals surface area contributed by atoms with Crippen LogP contribution in [0.25, 0.3) is 0 Å². The second-order valence-corrected chi connectivity index (χ2v) is 3.55. The van der Waals surface area contributed by atoms with Gasteiger partial charge in [0.05, 0.1) is 6.10 Å². The Labute approximate surface area is 72.3 Å². The van der Waals surface area contributed by atoms with Crippen molar-refractivity contribution in [3.8, 4) is 0 Å². The molecule has 0 aromatic carbocycles. The van der Waals surface area contributed by atoms with Crippen molar-refractivity contribution in [3.05, 3.63) is 30.1 Å². The number of aromatic nitrogens is 1. The third-order valence-electron chi connectivity index (χ3n) is 2.76. The van der Waals surface area contributed by atoms with Gasteiger partial charge in [-0.15, -0.1) is 0 Å². The Morgan fingerprint density at radius 2 is 2.25 bits per heavy atom. The van der Waals surface area contributed by atoms with Crippen molar-refractivity contribution in [2.75, 3.05) is 0 Å². The van der Waals surface area contributed by atoms with E-state index >= 15 is 0 Å². The van der Waals surface area contributed by atoms with Crippen molar-refractivity contribution in [1.29, 1.82) is 0 Å². The average Bonchev–Trinajstić information content (AvgIpc) is 2.86. The van der Waals surface area contributed by atoms with Crippen LogP contribution < -0.4 is 0 Å². The van der Waals surface area contributed by atoms with Crippen molar-refractivity contribution in [2.45, 2.75) is 31.3 Å². The van der Waals surface area contributed by atoms with Crippen LogP contribution in [0.2, 0.25) is 0 Å². The Bertz CT molecular complexity index is 264. The Balaban J connectivity index is 2.31. The highest BCUT2D eigenvalue weighted by Gasteiger charge is 2.49. The lowest BCUT2D eigenvalue weighted by atomic mass is 9.96. The van der Waals surface area contributed by atoms with Gasteiger partial charge in [0.15, 0.2) is 0 Å². The molecule has 0 radical (unpaired) electrons. The fourth-order valence-electron chi connectivity index (χ4n) is 1.68. The first kappa shape index (κ1) is 7.74. The Morgan fingerprint density at radius 1 is 1.50 bits per heavy atom. The summed E-state index contributed by atoms with van der Waals surface area (Å²) < 4.78 is 0. The molecule has 2 nitrogen and oxygen atoms in total. The molecule has 2 rings (SSSR count). The number of rotatable bonds is 2. The summed E-state index contributed by atoms with van der Waals surface area (Å²) in [5.41, 5.74) is 1.03. The lowest BCUT2D eigenvalue weighted by molar-refractivity contribution is 0.148. The van der Waals surface area contributed by atoms with Crippen molar-refractivity contribution >= 4 is 0 Å². The van der Waals surface area contributed by atoms with Gasteiger partial charge >= 0.3 is 0 Å². The maximum absolute atomic E-state index is 9.56. The summed E-state index contributed by atoms with van der Waals surface area (Å²) in [7, 11) is 0. The predicted octanol–water partition coefficient (Wildman–Crippen LogP) is 1.49. The van der Waals surface area contributed by atoms with Gasteiger partial charge < -0.3 is 5.11 Å². The molecule has 64 valence electrons. The second kappa shape index (κ2) is 2.56. The van der Waals surface area contributed by atoms with E-state index < -0.39 is 0 Å². The molecule has 1 aliphatic carbocycles. The normalized spacial score (nSPS) is 21.8. The van der Waals surface area contributed by atoms with Crippen LogP contribution in [0.3, 0.4) is 0 Å². The molecule has 1 aliphatic rings. The number of hydrogen-bond acceptors (Lipinski definition) is 2. The van der Waals surface area contributed by atoms with Gasteiger partial charge in [0.1, 0.15) is 0 Å². The molecule has 2 heteroatoms. The monoisotopic (exact) mass is 163 g/mol. The van der Waals surface area contributed by atoms with Crippen LogP contribution in [0, 0.1) is 0 Å². The maximum atomic E-state index is 9.56. The molecule has 0 amide bonds. The molecule has 1 atom stereocenters. The van der Waals surface area contributed by atoms with E-state index in [9.17, 15) is 5.11 Å². The van der Waals surface area contributed by atoms with Crippen LogP contribution in [-0.4, -0.2) is 16.2 Å². The number of pyridine rings is 1. The molecule has 1 saturated carbocycles. The number of nitrogens with zero attached hydrogens (tertiary/aromatic N) is 1. The quantitative estimate of drug-likeness (QED) is 0.716. The SMILES string of the molecule is CC(O)C1(c2ccccn2)CC1. The van der Waals surface area contributed by atoms with E-state index in [4.69, 9.17) is 0 Å². The largest absolute Gasteiger partial charge is 0.392 e. The third-order valence-corrected chi connectivity index (χ3v) is 2.76. The minimum atomic E-state index is -0.271. The molecule has 12 heavy (non-hydrogen) atoms. The molecule has 0 aliphatic heterocycles. The molecule has 1 heterocycles. The van der Waals surface area contributed by atoms with Crippen LogP contribution in [0.5, 0.6) is 0 Å². The standard InChI is InChI=1S/C10H13NO/c1-8(12)10(5-6-10)9-4-2-3-7-11-9/h2-4,7-8,12H,5-6H2,1H3. The van der Waals surface area contributed by atoms with Crippen molar-refractivity contribution in [1.82, 2.24) is 4.98 Å². The summed E-state index contributed by atoms with van der Waals surface area (Å²) in [5.74, 6) is 0. The van der Waals surface area contributed by atoms with Gasteiger partial charge in [-0.2, -0.15) is 0 Å². The van der Waals surface area contributed by atoms with Crippen molar-refractivity contribution in [2.24, 2.45) is 0 Å². The zero-order valence-corrected chi connectivity index (χ0v) is 7.20. The van der Waals surface area contributed by atoms with Crippen LogP contribution in [0.4, 0.5) is 0 Å². The van der Waals surface area contributed by atoms with E-state index in [1.807, 2.05) is 25.1 Å². The first-order valence-electron chi connectivity index (χ1n) is 4.35. The highest BCUT2D eigenvalue weighted by molar-refractivity contribution is 5.26. The van der Waals surface area contributed by atoms with Crippen LogP contribution >= 0.6 is 0 Å². The molecule has 0 spiro atoms. The number of aliphatic hydroxyl groups is 1. The number of aliphatic hydroxyl groups excluding tert-OH is 1. The predicted molar refractivity (Wildman–Crippen MR) is 46.8 cm³/mol. The molecule has 1 unspecified atom stereocenters. The minimum Gasteiger partial charge on any atom is -0.392 e. The van der Waals surface area contributed by atoms with E-state index in [0.717, 1.165) is 18.5 Å². The second-order valence-electron chi connectivity index (χ2n) is 3.55. The summed E-state index contributed by atoms with van der Waals surface area (Å²) in [6.07, 6.45) is 3.66. The van der Waals surface area contributed by atoms with Crippen LogP contribution in [0.15, 0.2) is 24.4 Å². The molecule has 1 aromatic heterocycles. The Morgan fingerprint density at radius 3 is 2.67 bits per heavy atom. The first-order chi connectivity index (χ1) is 5.76. The highest BCUT2D eigenvalue weighted by atomic mass is 16.3. The van der Waals surface area contributed by atoms with Gasteiger partial charge in [0.25, 0.3) is 0 Å². The van der Waals surface area contributed by atoms with Gasteiger partial charge in [-0.1, -0.05) is 6.07 Å². The van der Waals surface area contributed by atoms with Gasteiger partial charge in [-0.25, -0.2) is 0 Å². The fourth-order valence-corrected chi connectivity index (χ4v) is 1.68. The first-order valence-corrected chi connectivity index (χ1v) is 4.35. The Hall–Kier alpha value is -0.890. The average molecular weight is 163 g/mol.